The van der Waals surface area contributed by atoms with Crippen LogP contribution in [-0.4, -0.2) is 15.7 Å². The minimum absolute atomic E-state index is 0.00199. The molecule has 116 valence electrons. The molecule has 4 rings (SSSR count). The van der Waals surface area contributed by atoms with Crippen LogP contribution in [0.25, 0.3) is 10.9 Å². The highest BCUT2D eigenvalue weighted by molar-refractivity contribution is 5.78. The van der Waals surface area contributed by atoms with Crippen LogP contribution in [0.4, 0.5) is 0 Å². The molecule has 2 fully saturated rings. The van der Waals surface area contributed by atoms with Crippen molar-refractivity contribution < 1.29 is 5.11 Å². The topological polar surface area (TPSA) is 33.1 Å². The van der Waals surface area contributed by atoms with Crippen molar-refractivity contribution in [2.45, 2.75) is 52.1 Å². The van der Waals surface area contributed by atoms with Gasteiger partial charge >= 0.3 is 0 Å². The molecule has 1 heterocycles. The molecule has 22 heavy (non-hydrogen) atoms. The predicted molar refractivity (Wildman–Crippen MR) is 89.6 cm³/mol. The van der Waals surface area contributed by atoms with Gasteiger partial charge in [-0.3, -0.25) is 4.98 Å². The Balaban J connectivity index is 1.70. The zero-order chi connectivity index (χ0) is 15.6. The second kappa shape index (κ2) is 4.32. The summed E-state index contributed by atoms with van der Waals surface area (Å²) in [7, 11) is 0. The maximum Gasteiger partial charge on any atom is 0.0764 e. The highest BCUT2D eigenvalue weighted by Crippen LogP contribution is 2.70. The van der Waals surface area contributed by atoms with E-state index in [2.05, 4.69) is 45.0 Å². The van der Waals surface area contributed by atoms with Crippen molar-refractivity contribution in [1.29, 1.82) is 0 Å². The molecule has 0 spiro atoms. The SMILES string of the molecule is CC1(C)[C@@H]2CC[C@@]1(C)[C@@](O)(Cc1ccc3ccccc3n1)C2. The van der Waals surface area contributed by atoms with Gasteiger partial charge in [-0.2, -0.15) is 0 Å². The minimum Gasteiger partial charge on any atom is -0.389 e. The van der Waals surface area contributed by atoms with Crippen LogP contribution in [-0.2, 0) is 6.42 Å². The lowest BCUT2D eigenvalue weighted by Gasteiger charge is -2.45. The van der Waals surface area contributed by atoms with Crippen molar-refractivity contribution in [2.24, 2.45) is 16.7 Å². The summed E-state index contributed by atoms with van der Waals surface area (Å²) in [6.45, 7) is 6.98. The van der Waals surface area contributed by atoms with Crippen LogP contribution in [0.3, 0.4) is 0 Å². The van der Waals surface area contributed by atoms with Crippen LogP contribution in [0.1, 0.15) is 45.7 Å². The van der Waals surface area contributed by atoms with Gasteiger partial charge in [-0.25, -0.2) is 0 Å². The Labute approximate surface area is 132 Å². The Hall–Kier alpha value is -1.41. The lowest BCUT2D eigenvalue weighted by Crippen LogP contribution is -2.48. The van der Waals surface area contributed by atoms with Gasteiger partial charge in [0.25, 0.3) is 0 Å². The third kappa shape index (κ3) is 1.68. The second-order valence-corrected chi connectivity index (χ2v) is 8.20. The van der Waals surface area contributed by atoms with Crippen molar-refractivity contribution in [3.8, 4) is 0 Å². The average molecular weight is 295 g/mol. The van der Waals surface area contributed by atoms with E-state index in [1.165, 1.54) is 6.42 Å². The summed E-state index contributed by atoms with van der Waals surface area (Å²) in [5.74, 6) is 0.642. The second-order valence-electron chi connectivity index (χ2n) is 8.20. The first-order valence-corrected chi connectivity index (χ1v) is 8.43. The van der Waals surface area contributed by atoms with E-state index in [4.69, 9.17) is 4.98 Å². The van der Waals surface area contributed by atoms with E-state index in [-0.39, 0.29) is 10.8 Å². The summed E-state index contributed by atoms with van der Waals surface area (Å²) < 4.78 is 0. The molecule has 0 aliphatic heterocycles. The first-order valence-electron chi connectivity index (χ1n) is 8.43. The Morgan fingerprint density at radius 1 is 1.14 bits per heavy atom. The van der Waals surface area contributed by atoms with E-state index >= 15 is 0 Å². The summed E-state index contributed by atoms with van der Waals surface area (Å²) in [5, 5.41) is 12.6. The first-order chi connectivity index (χ1) is 10.4. The molecule has 0 radical (unpaired) electrons. The number of benzene rings is 1. The quantitative estimate of drug-likeness (QED) is 0.893. The molecular formula is C20H25NO. The molecule has 2 saturated carbocycles. The van der Waals surface area contributed by atoms with Gasteiger partial charge in [-0.05, 0) is 42.7 Å². The Kier molecular flexibility index (Phi) is 2.79. The monoisotopic (exact) mass is 295 g/mol. The number of aromatic nitrogens is 1. The van der Waals surface area contributed by atoms with Gasteiger partial charge in [0.1, 0.15) is 0 Å². The van der Waals surface area contributed by atoms with E-state index in [9.17, 15) is 5.11 Å². The lowest BCUT2D eigenvalue weighted by atomic mass is 9.63. The number of para-hydroxylation sites is 1. The lowest BCUT2D eigenvalue weighted by molar-refractivity contribution is -0.0891. The fraction of sp³-hybridized carbons (Fsp3) is 0.550. The summed E-state index contributed by atoms with van der Waals surface area (Å²) in [6.07, 6.45) is 3.99. The predicted octanol–water partition coefficient (Wildman–Crippen LogP) is 4.35. The number of aliphatic hydroxyl groups is 1. The molecule has 0 amide bonds. The van der Waals surface area contributed by atoms with E-state index in [0.717, 1.165) is 29.4 Å². The van der Waals surface area contributed by atoms with Gasteiger partial charge < -0.3 is 5.11 Å². The van der Waals surface area contributed by atoms with Crippen molar-refractivity contribution in [1.82, 2.24) is 4.98 Å². The number of hydrogen-bond donors (Lipinski definition) is 1. The van der Waals surface area contributed by atoms with Gasteiger partial charge in [0.15, 0.2) is 0 Å². The van der Waals surface area contributed by atoms with E-state index in [1.807, 2.05) is 12.1 Å². The molecule has 2 aliphatic rings. The molecule has 1 aromatic carbocycles. The highest BCUT2D eigenvalue weighted by Gasteiger charge is 2.68. The molecule has 2 aromatic rings. The number of rotatable bonds is 2. The van der Waals surface area contributed by atoms with Crippen LogP contribution in [0.15, 0.2) is 36.4 Å². The molecule has 2 nitrogen and oxygen atoms in total. The van der Waals surface area contributed by atoms with Crippen molar-refractivity contribution in [3.05, 3.63) is 42.1 Å². The van der Waals surface area contributed by atoms with E-state index < -0.39 is 5.60 Å². The van der Waals surface area contributed by atoms with E-state index in [0.29, 0.717) is 12.3 Å². The number of nitrogens with zero attached hydrogens (tertiary/aromatic N) is 1. The Bertz CT molecular complexity index is 737. The molecule has 3 atom stereocenters. The number of pyridine rings is 1. The largest absolute Gasteiger partial charge is 0.389 e. The van der Waals surface area contributed by atoms with Crippen molar-refractivity contribution in [2.75, 3.05) is 0 Å². The molecule has 2 heteroatoms. The fourth-order valence-corrected chi connectivity index (χ4v) is 5.19. The van der Waals surface area contributed by atoms with E-state index in [1.54, 1.807) is 0 Å². The van der Waals surface area contributed by atoms with Crippen molar-refractivity contribution >= 4 is 10.9 Å². The Morgan fingerprint density at radius 3 is 2.59 bits per heavy atom. The standard InChI is InChI=1S/C20H25NO/c1-18(2)15-10-11-19(18,3)20(22,12-15)13-16-9-8-14-6-4-5-7-17(14)21-16/h4-9,15,22H,10-13H2,1-3H3/t15-,19-,20+/m1/s1. The fourth-order valence-electron chi connectivity index (χ4n) is 5.19. The first kappa shape index (κ1) is 14.2. The number of fused-ring (bicyclic) bond motifs is 3. The molecular weight excluding hydrogens is 270 g/mol. The van der Waals surface area contributed by atoms with Gasteiger partial charge in [-0.15, -0.1) is 0 Å². The smallest absolute Gasteiger partial charge is 0.0764 e. The zero-order valence-electron chi connectivity index (χ0n) is 13.8. The summed E-state index contributed by atoms with van der Waals surface area (Å²) >= 11 is 0. The minimum atomic E-state index is -0.616. The molecule has 1 N–H and O–H groups in total. The molecule has 0 unspecified atom stereocenters. The van der Waals surface area contributed by atoms with Crippen LogP contribution in [0.2, 0.25) is 0 Å². The molecule has 0 saturated heterocycles. The van der Waals surface area contributed by atoms with Crippen LogP contribution < -0.4 is 0 Å². The third-order valence-corrected chi connectivity index (χ3v) is 7.18. The summed E-state index contributed by atoms with van der Waals surface area (Å²) in [5.41, 5.74) is 1.65. The summed E-state index contributed by atoms with van der Waals surface area (Å²) in [6, 6.07) is 12.4. The van der Waals surface area contributed by atoms with Crippen LogP contribution >= 0.6 is 0 Å². The van der Waals surface area contributed by atoms with Crippen LogP contribution in [0, 0.1) is 16.7 Å². The van der Waals surface area contributed by atoms with Gasteiger partial charge in [-0.1, -0.05) is 45.0 Å². The Morgan fingerprint density at radius 2 is 1.91 bits per heavy atom. The third-order valence-electron chi connectivity index (χ3n) is 7.18. The summed E-state index contributed by atoms with van der Waals surface area (Å²) in [4.78, 5) is 4.79. The molecule has 1 aromatic heterocycles. The average Bonchev–Trinajstić information content (AvgIpc) is 2.79. The molecule has 2 bridgehead atoms. The van der Waals surface area contributed by atoms with Gasteiger partial charge in [0, 0.05) is 22.9 Å². The normalized spacial score (nSPS) is 36.1. The molecule has 2 aliphatic carbocycles. The van der Waals surface area contributed by atoms with Gasteiger partial charge in [0.05, 0.1) is 11.1 Å². The zero-order valence-corrected chi connectivity index (χ0v) is 13.8. The maximum absolute atomic E-state index is 11.5. The highest BCUT2D eigenvalue weighted by atomic mass is 16.3. The maximum atomic E-state index is 11.5. The number of hydrogen-bond acceptors (Lipinski definition) is 2. The van der Waals surface area contributed by atoms with Crippen LogP contribution in [0.5, 0.6) is 0 Å². The van der Waals surface area contributed by atoms with Crippen molar-refractivity contribution in [3.63, 3.8) is 0 Å². The van der Waals surface area contributed by atoms with Gasteiger partial charge in [0.2, 0.25) is 0 Å².